The first-order valence-electron chi connectivity index (χ1n) is 9.98. The molecule has 28 heavy (non-hydrogen) atoms. The zero-order valence-electron chi connectivity index (χ0n) is 16.6. The van der Waals surface area contributed by atoms with Crippen molar-refractivity contribution in [2.24, 2.45) is 16.6 Å². The second-order valence-electron chi connectivity index (χ2n) is 7.45. The van der Waals surface area contributed by atoms with Gasteiger partial charge in [0.15, 0.2) is 0 Å². The van der Waals surface area contributed by atoms with Gasteiger partial charge in [-0.1, -0.05) is 36.9 Å². The van der Waals surface area contributed by atoms with E-state index in [0.717, 1.165) is 48.2 Å². The number of unbranched alkanes of at least 4 members (excludes halogenated alkanes) is 2. The van der Waals surface area contributed by atoms with Gasteiger partial charge >= 0.3 is 0 Å². The number of carbonyl (C=O) groups excluding carboxylic acids is 1. The standard InChI is InChI=1S/C24H29N3O/c1-18(20-14-15-20)26-24(25)17-22-8-6-9-23(27(22)2)21-12-10-19(11-13-21)7-4-3-5-16-28/h6,8-13,16-17,20H,1,3-5,7,14-15H2,2H3,(H2,25,26)/b22-17-. The summed E-state index contributed by atoms with van der Waals surface area (Å²) in [5.41, 5.74) is 11.6. The number of rotatable bonds is 9. The number of hydrogen-bond donors (Lipinski definition) is 1. The SMILES string of the molecule is C=C(N=C(N)/C=C1/C=CC=C(c2ccc(CCCCC=O)cc2)N1C)C1CC1. The summed E-state index contributed by atoms with van der Waals surface area (Å²) in [5, 5.41) is 0. The average molecular weight is 376 g/mol. The van der Waals surface area contributed by atoms with E-state index in [0.29, 0.717) is 18.2 Å². The number of aryl methyl sites for hydroxylation is 1. The van der Waals surface area contributed by atoms with Crippen LogP contribution >= 0.6 is 0 Å². The Labute approximate surface area is 167 Å². The van der Waals surface area contributed by atoms with Gasteiger partial charge in [-0.25, -0.2) is 4.99 Å². The van der Waals surface area contributed by atoms with Crippen molar-refractivity contribution in [3.63, 3.8) is 0 Å². The molecule has 0 spiro atoms. The Kier molecular flexibility index (Phi) is 6.64. The lowest BCUT2D eigenvalue weighted by Crippen LogP contribution is -2.20. The highest BCUT2D eigenvalue weighted by Crippen LogP contribution is 2.36. The van der Waals surface area contributed by atoms with Crippen LogP contribution in [0.25, 0.3) is 5.70 Å². The summed E-state index contributed by atoms with van der Waals surface area (Å²) in [5.74, 6) is 1.01. The molecule has 3 rings (SSSR count). The minimum absolute atomic E-state index is 0.496. The molecule has 0 unspecified atom stereocenters. The highest BCUT2D eigenvalue weighted by atomic mass is 16.1. The molecule has 0 amide bonds. The summed E-state index contributed by atoms with van der Waals surface area (Å²) in [6, 6.07) is 8.64. The van der Waals surface area contributed by atoms with Gasteiger partial charge in [0.05, 0.1) is 0 Å². The Bertz CT molecular complexity index is 839. The summed E-state index contributed by atoms with van der Waals surface area (Å²) < 4.78 is 0. The lowest BCUT2D eigenvalue weighted by Gasteiger charge is -2.26. The molecule has 1 aromatic rings. The molecule has 1 heterocycles. The topological polar surface area (TPSA) is 58.7 Å². The molecular formula is C24H29N3O. The molecule has 4 nitrogen and oxygen atoms in total. The number of aldehydes is 1. The van der Waals surface area contributed by atoms with Crippen LogP contribution in [-0.2, 0) is 11.2 Å². The molecule has 0 atom stereocenters. The zero-order chi connectivity index (χ0) is 19.9. The van der Waals surface area contributed by atoms with Crippen molar-refractivity contribution in [3.8, 4) is 0 Å². The van der Waals surface area contributed by atoms with Crippen LogP contribution in [0.3, 0.4) is 0 Å². The number of likely N-dealkylation sites (N-methyl/N-ethyl adjacent to an activating group) is 1. The van der Waals surface area contributed by atoms with Crippen LogP contribution < -0.4 is 5.73 Å². The van der Waals surface area contributed by atoms with E-state index in [2.05, 4.69) is 46.8 Å². The summed E-state index contributed by atoms with van der Waals surface area (Å²) >= 11 is 0. The Balaban J connectivity index is 1.66. The van der Waals surface area contributed by atoms with E-state index >= 15 is 0 Å². The maximum atomic E-state index is 10.4. The first-order valence-corrected chi connectivity index (χ1v) is 9.98. The smallest absolute Gasteiger partial charge is 0.125 e. The largest absolute Gasteiger partial charge is 0.384 e. The first kappa shape index (κ1) is 19.9. The number of carbonyl (C=O) groups is 1. The van der Waals surface area contributed by atoms with Crippen LogP contribution in [0.4, 0.5) is 0 Å². The highest BCUT2D eigenvalue weighted by Gasteiger charge is 2.24. The first-order chi connectivity index (χ1) is 13.6. The van der Waals surface area contributed by atoms with Crippen molar-refractivity contribution in [1.82, 2.24) is 4.90 Å². The second-order valence-corrected chi connectivity index (χ2v) is 7.45. The summed E-state index contributed by atoms with van der Waals surface area (Å²) in [7, 11) is 2.04. The molecule has 2 aliphatic rings. The van der Waals surface area contributed by atoms with E-state index in [-0.39, 0.29) is 0 Å². The van der Waals surface area contributed by atoms with Gasteiger partial charge in [-0.3, -0.25) is 0 Å². The number of allylic oxidation sites excluding steroid dienone is 4. The van der Waals surface area contributed by atoms with Gasteiger partial charge < -0.3 is 15.4 Å². The van der Waals surface area contributed by atoms with Gasteiger partial charge in [0, 0.05) is 42.6 Å². The third kappa shape index (κ3) is 5.32. The van der Waals surface area contributed by atoms with Crippen LogP contribution in [0.2, 0.25) is 0 Å². The third-order valence-electron chi connectivity index (χ3n) is 5.17. The van der Waals surface area contributed by atoms with E-state index in [4.69, 9.17) is 5.73 Å². The number of benzene rings is 1. The van der Waals surface area contributed by atoms with E-state index in [1.807, 2.05) is 25.3 Å². The van der Waals surface area contributed by atoms with E-state index < -0.39 is 0 Å². The fourth-order valence-corrected chi connectivity index (χ4v) is 3.29. The van der Waals surface area contributed by atoms with Crippen molar-refractivity contribution in [3.05, 3.63) is 77.7 Å². The minimum atomic E-state index is 0.496. The number of amidine groups is 1. The predicted octanol–water partition coefficient (Wildman–Crippen LogP) is 4.61. The molecule has 1 aromatic carbocycles. The van der Waals surface area contributed by atoms with Crippen molar-refractivity contribution in [1.29, 1.82) is 0 Å². The summed E-state index contributed by atoms with van der Waals surface area (Å²) in [4.78, 5) is 17.0. The van der Waals surface area contributed by atoms with Crippen molar-refractivity contribution in [2.75, 3.05) is 7.05 Å². The van der Waals surface area contributed by atoms with Gasteiger partial charge in [0.1, 0.15) is 12.1 Å². The molecule has 1 fully saturated rings. The molecule has 1 saturated carbocycles. The fourth-order valence-electron chi connectivity index (χ4n) is 3.29. The normalized spacial score (nSPS) is 18.3. The molecule has 0 aromatic heterocycles. The van der Waals surface area contributed by atoms with Crippen molar-refractivity contribution in [2.45, 2.75) is 38.5 Å². The quantitative estimate of drug-likeness (QED) is 0.297. The molecule has 1 aliphatic heterocycles. The maximum Gasteiger partial charge on any atom is 0.125 e. The molecule has 0 saturated heterocycles. The Morgan fingerprint density at radius 3 is 2.71 bits per heavy atom. The molecule has 4 heteroatoms. The Morgan fingerprint density at radius 2 is 2.04 bits per heavy atom. The van der Waals surface area contributed by atoms with Crippen LogP contribution in [0.5, 0.6) is 0 Å². The van der Waals surface area contributed by atoms with Gasteiger partial charge in [-0.05, 0) is 55.4 Å². The van der Waals surface area contributed by atoms with E-state index in [9.17, 15) is 4.79 Å². The number of nitrogens with zero attached hydrogens (tertiary/aromatic N) is 2. The van der Waals surface area contributed by atoms with Crippen LogP contribution in [0, 0.1) is 5.92 Å². The van der Waals surface area contributed by atoms with Gasteiger partial charge in [-0.2, -0.15) is 0 Å². The minimum Gasteiger partial charge on any atom is -0.384 e. The Hall–Kier alpha value is -2.88. The van der Waals surface area contributed by atoms with Gasteiger partial charge in [0.25, 0.3) is 0 Å². The van der Waals surface area contributed by atoms with Crippen molar-refractivity contribution < 1.29 is 4.79 Å². The van der Waals surface area contributed by atoms with E-state index in [1.54, 1.807) is 0 Å². The molecule has 146 valence electrons. The predicted molar refractivity (Wildman–Crippen MR) is 117 cm³/mol. The van der Waals surface area contributed by atoms with Crippen LogP contribution in [-0.4, -0.2) is 24.1 Å². The molecule has 0 radical (unpaired) electrons. The van der Waals surface area contributed by atoms with Crippen LogP contribution in [0.1, 0.15) is 43.2 Å². The summed E-state index contributed by atoms with van der Waals surface area (Å²) in [6.07, 6.45) is 15.1. The van der Waals surface area contributed by atoms with Crippen molar-refractivity contribution >= 4 is 17.8 Å². The lowest BCUT2D eigenvalue weighted by molar-refractivity contribution is -0.107. The number of aliphatic imine (C=N–C) groups is 1. The number of hydrogen-bond acceptors (Lipinski definition) is 3. The number of nitrogens with two attached hydrogens (primary N) is 1. The fraction of sp³-hybridized carbons (Fsp3) is 0.333. The monoisotopic (exact) mass is 375 g/mol. The molecule has 2 N–H and O–H groups in total. The van der Waals surface area contributed by atoms with Crippen LogP contribution in [0.15, 0.2) is 71.5 Å². The maximum absolute atomic E-state index is 10.4. The van der Waals surface area contributed by atoms with Gasteiger partial charge in [-0.15, -0.1) is 0 Å². The van der Waals surface area contributed by atoms with Gasteiger partial charge in [0.2, 0.25) is 0 Å². The Morgan fingerprint density at radius 1 is 1.29 bits per heavy atom. The van der Waals surface area contributed by atoms with E-state index in [1.165, 1.54) is 18.4 Å². The lowest BCUT2D eigenvalue weighted by atomic mass is 10.0. The zero-order valence-corrected chi connectivity index (χ0v) is 16.6. The average Bonchev–Trinajstić information content (AvgIpc) is 3.53. The summed E-state index contributed by atoms with van der Waals surface area (Å²) in [6.45, 7) is 4.01. The highest BCUT2D eigenvalue weighted by molar-refractivity contribution is 5.93. The molecule has 1 aliphatic carbocycles. The molecular weight excluding hydrogens is 346 g/mol. The third-order valence-corrected chi connectivity index (χ3v) is 5.17. The molecule has 0 bridgehead atoms. The second kappa shape index (κ2) is 9.36.